The topological polar surface area (TPSA) is 83.9 Å². The number of likely N-dealkylation sites (tertiary alicyclic amines) is 1. The van der Waals surface area contributed by atoms with Crippen molar-refractivity contribution in [3.05, 3.63) is 63.5 Å². The maximum Gasteiger partial charge on any atom is 0.246 e. The fourth-order valence-electron chi connectivity index (χ4n) is 3.78. The largest absolute Gasteiger partial charge is 0.338 e. The number of anilines is 2. The molecule has 0 radical (unpaired) electrons. The summed E-state index contributed by atoms with van der Waals surface area (Å²) in [6.07, 6.45) is 5.39. The fraction of sp³-hybridized carbons (Fsp3) is 0.348. The van der Waals surface area contributed by atoms with Crippen LogP contribution < -0.4 is 5.32 Å². The average Bonchev–Trinajstić information content (AvgIpc) is 3.17. The Morgan fingerprint density at radius 3 is 2.71 bits per heavy atom. The Balaban J connectivity index is 1.43. The predicted octanol–water partition coefficient (Wildman–Crippen LogP) is 4.42. The molecule has 1 N–H and O–H groups in total. The van der Waals surface area contributed by atoms with E-state index in [0.29, 0.717) is 18.3 Å². The monoisotopic (exact) mass is 434 g/mol. The third-order valence-corrected chi connectivity index (χ3v) is 5.97. The van der Waals surface area contributed by atoms with Gasteiger partial charge < -0.3 is 10.2 Å². The summed E-state index contributed by atoms with van der Waals surface area (Å²) in [6.45, 7) is 7.28. The number of rotatable bonds is 5. The van der Waals surface area contributed by atoms with Gasteiger partial charge in [-0.15, -0.1) is 11.3 Å². The van der Waals surface area contributed by atoms with E-state index in [2.05, 4.69) is 20.3 Å². The van der Waals surface area contributed by atoms with Gasteiger partial charge in [-0.25, -0.2) is 19.9 Å². The molecule has 0 aromatic carbocycles. The van der Waals surface area contributed by atoms with E-state index < -0.39 is 0 Å². The van der Waals surface area contributed by atoms with Gasteiger partial charge in [-0.1, -0.05) is 6.07 Å². The van der Waals surface area contributed by atoms with Gasteiger partial charge >= 0.3 is 0 Å². The number of nitrogens with one attached hydrogen (secondary N) is 1. The molecule has 7 nitrogen and oxygen atoms in total. The van der Waals surface area contributed by atoms with Crippen LogP contribution in [0.5, 0.6) is 0 Å². The summed E-state index contributed by atoms with van der Waals surface area (Å²) >= 11 is 1.58. The molecule has 1 atom stereocenters. The minimum atomic E-state index is 0.0215. The predicted molar refractivity (Wildman–Crippen MR) is 123 cm³/mol. The summed E-state index contributed by atoms with van der Waals surface area (Å²) in [5, 5.41) is 6.16. The van der Waals surface area contributed by atoms with Crippen molar-refractivity contribution in [3.63, 3.8) is 0 Å². The highest BCUT2D eigenvalue weighted by Gasteiger charge is 2.24. The van der Waals surface area contributed by atoms with Crippen LogP contribution >= 0.6 is 11.3 Å². The van der Waals surface area contributed by atoms with Crippen LogP contribution in [0.4, 0.5) is 11.8 Å². The van der Waals surface area contributed by atoms with Crippen LogP contribution in [0, 0.1) is 20.8 Å². The average molecular weight is 435 g/mol. The molecule has 0 bridgehead atoms. The first-order chi connectivity index (χ1) is 15.0. The zero-order valence-electron chi connectivity index (χ0n) is 18.0. The second-order valence-electron chi connectivity index (χ2n) is 7.80. The van der Waals surface area contributed by atoms with E-state index in [1.54, 1.807) is 23.5 Å². The maximum absolute atomic E-state index is 12.7. The smallest absolute Gasteiger partial charge is 0.246 e. The van der Waals surface area contributed by atoms with Crippen LogP contribution in [0.15, 0.2) is 35.7 Å². The second-order valence-corrected chi connectivity index (χ2v) is 8.86. The number of piperidine rings is 1. The molecule has 4 heterocycles. The van der Waals surface area contributed by atoms with Gasteiger partial charge in [0.15, 0.2) is 0 Å². The molecule has 1 saturated heterocycles. The lowest BCUT2D eigenvalue weighted by Gasteiger charge is -2.32. The van der Waals surface area contributed by atoms with Crippen LogP contribution in [0.25, 0.3) is 6.08 Å². The highest BCUT2D eigenvalue weighted by atomic mass is 32.1. The van der Waals surface area contributed by atoms with Gasteiger partial charge in [-0.2, -0.15) is 0 Å². The van der Waals surface area contributed by atoms with Crippen LogP contribution in [0.3, 0.4) is 0 Å². The molecular weight excluding hydrogens is 408 g/mol. The fourth-order valence-corrected chi connectivity index (χ4v) is 4.36. The summed E-state index contributed by atoms with van der Waals surface area (Å²) in [7, 11) is 0. The number of carbonyl (C=O) groups is 1. The molecule has 0 spiro atoms. The number of thiazole rings is 1. The molecule has 1 aliphatic heterocycles. The van der Waals surface area contributed by atoms with Crippen molar-refractivity contribution in [1.82, 2.24) is 24.8 Å². The first-order valence-electron chi connectivity index (χ1n) is 10.4. The minimum Gasteiger partial charge on any atom is -0.338 e. The summed E-state index contributed by atoms with van der Waals surface area (Å²) in [4.78, 5) is 32.6. The van der Waals surface area contributed by atoms with Gasteiger partial charge in [-0.05, 0) is 57.9 Å². The van der Waals surface area contributed by atoms with Crippen molar-refractivity contribution in [2.75, 3.05) is 18.4 Å². The Bertz CT molecular complexity index is 1090. The summed E-state index contributed by atoms with van der Waals surface area (Å²) in [5.74, 6) is 1.48. The van der Waals surface area contributed by atoms with E-state index in [1.807, 2.05) is 55.3 Å². The molecule has 0 saturated carbocycles. The molecule has 3 aromatic rings. The zero-order chi connectivity index (χ0) is 21.8. The molecule has 1 amide bonds. The number of pyridine rings is 1. The van der Waals surface area contributed by atoms with E-state index in [0.717, 1.165) is 47.2 Å². The number of hydrogen-bond donors (Lipinski definition) is 1. The summed E-state index contributed by atoms with van der Waals surface area (Å²) in [5.41, 5.74) is 3.63. The standard InChI is InChI=1S/C23H26N6OS/c1-15-12-16(2)25-23(24-15)28-21-8-4-7-20(27-21)18-6-5-11-29(13-18)22(30)10-9-19-14-31-17(3)26-19/h4,7-10,12,14,18H,5-6,11,13H2,1-3H3,(H,24,25,27,28)/b10-9+/t18-/m0/s1. The van der Waals surface area contributed by atoms with Crippen molar-refractivity contribution in [1.29, 1.82) is 0 Å². The highest BCUT2D eigenvalue weighted by Crippen LogP contribution is 2.27. The van der Waals surface area contributed by atoms with Crippen LogP contribution in [0.2, 0.25) is 0 Å². The SMILES string of the molecule is Cc1cc(C)nc(Nc2cccc([C@H]3CCCN(C(=O)/C=C/c4csc(C)n4)C3)n2)n1. The van der Waals surface area contributed by atoms with Gasteiger partial charge in [0.25, 0.3) is 0 Å². The molecule has 4 rings (SSSR count). The van der Waals surface area contributed by atoms with Gasteiger partial charge in [0.1, 0.15) is 5.82 Å². The summed E-state index contributed by atoms with van der Waals surface area (Å²) < 4.78 is 0. The Kier molecular flexibility index (Phi) is 6.36. The molecule has 3 aromatic heterocycles. The first-order valence-corrected chi connectivity index (χ1v) is 11.3. The van der Waals surface area contributed by atoms with Gasteiger partial charge in [0.2, 0.25) is 11.9 Å². The van der Waals surface area contributed by atoms with Crippen molar-refractivity contribution in [2.24, 2.45) is 0 Å². The highest BCUT2D eigenvalue weighted by molar-refractivity contribution is 7.09. The van der Waals surface area contributed by atoms with Crippen LogP contribution in [-0.4, -0.2) is 43.8 Å². The normalized spacial score (nSPS) is 16.6. The molecule has 1 fully saturated rings. The quantitative estimate of drug-likeness (QED) is 0.599. The minimum absolute atomic E-state index is 0.0215. The van der Waals surface area contributed by atoms with E-state index in [1.165, 1.54) is 0 Å². The zero-order valence-corrected chi connectivity index (χ0v) is 18.8. The molecule has 1 aliphatic rings. The maximum atomic E-state index is 12.7. The lowest BCUT2D eigenvalue weighted by atomic mass is 9.94. The number of amides is 1. The third-order valence-electron chi connectivity index (χ3n) is 5.18. The molecule has 8 heteroatoms. The van der Waals surface area contributed by atoms with Crippen LogP contribution in [0.1, 0.15) is 46.5 Å². The molecular formula is C23H26N6OS. The number of hydrogen-bond acceptors (Lipinski definition) is 7. The van der Waals surface area contributed by atoms with Gasteiger partial charge in [-0.3, -0.25) is 4.79 Å². The molecule has 160 valence electrons. The Labute approximate surface area is 186 Å². The Morgan fingerprint density at radius 2 is 1.97 bits per heavy atom. The van der Waals surface area contributed by atoms with Crippen molar-refractivity contribution in [3.8, 4) is 0 Å². The van der Waals surface area contributed by atoms with E-state index in [-0.39, 0.29) is 11.8 Å². The van der Waals surface area contributed by atoms with E-state index in [4.69, 9.17) is 4.98 Å². The Hall–Kier alpha value is -3.13. The molecule has 0 unspecified atom stereocenters. The van der Waals surface area contributed by atoms with Crippen LogP contribution in [-0.2, 0) is 4.79 Å². The second kappa shape index (κ2) is 9.34. The Morgan fingerprint density at radius 1 is 1.16 bits per heavy atom. The van der Waals surface area contributed by atoms with Crippen molar-refractivity contribution < 1.29 is 4.79 Å². The van der Waals surface area contributed by atoms with Crippen molar-refractivity contribution in [2.45, 2.75) is 39.5 Å². The molecule has 31 heavy (non-hydrogen) atoms. The number of nitrogens with zero attached hydrogens (tertiary/aromatic N) is 5. The number of aryl methyl sites for hydroxylation is 3. The van der Waals surface area contributed by atoms with Crippen molar-refractivity contribution >= 4 is 35.1 Å². The lowest BCUT2D eigenvalue weighted by molar-refractivity contribution is -0.127. The number of aromatic nitrogens is 4. The first kappa shape index (κ1) is 21.1. The van der Waals surface area contributed by atoms with Gasteiger partial charge in [0.05, 0.1) is 10.7 Å². The van der Waals surface area contributed by atoms with Gasteiger partial charge in [0, 0.05) is 47.5 Å². The number of carbonyl (C=O) groups excluding carboxylic acids is 1. The third kappa shape index (κ3) is 5.52. The van der Waals surface area contributed by atoms with E-state index >= 15 is 0 Å². The van der Waals surface area contributed by atoms with E-state index in [9.17, 15) is 4.79 Å². The summed E-state index contributed by atoms with van der Waals surface area (Å²) in [6, 6.07) is 7.86. The lowest BCUT2D eigenvalue weighted by Crippen LogP contribution is -2.38. The molecule has 0 aliphatic carbocycles.